The Morgan fingerprint density at radius 1 is 0.879 bits per heavy atom. The van der Waals surface area contributed by atoms with Gasteiger partial charge in [-0.3, -0.25) is 4.79 Å². The number of benzene rings is 2. The molecular weight excluding hydrogens is 416 g/mol. The van der Waals surface area contributed by atoms with Crippen LogP contribution in [0.1, 0.15) is 75.8 Å². The van der Waals surface area contributed by atoms with Crippen LogP contribution < -0.4 is 18.9 Å². The van der Waals surface area contributed by atoms with Crippen molar-refractivity contribution < 1.29 is 23.7 Å². The zero-order valence-electron chi connectivity index (χ0n) is 19.9. The van der Waals surface area contributed by atoms with Crippen LogP contribution in [0.2, 0.25) is 0 Å². The predicted octanol–water partition coefficient (Wildman–Crippen LogP) is 6.31. The van der Waals surface area contributed by atoms with Crippen molar-refractivity contribution >= 4 is 5.97 Å². The summed E-state index contributed by atoms with van der Waals surface area (Å²) in [5, 5.41) is 0. The first-order valence-electron chi connectivity index (χ1n) is 12.3. The molecule has 2 atom stereocenters. The van der Waals surface area contributed by atoms with E-state index in [0.29, 0.717) is 17.4 Å². The summed E-state index contributed by atoms with van der Waals surface area (Å²) in [6.07, 6.45) is 10.4. The third-order valence-electron chi connectivity index (χ3n) is 8.18. The largest absolute Gasteiger partial charge is 0.497 e. The van der Waals surface area contributed by atoms with E-state index in [1.165, 1.54) is 51.0 Å². The van der Waals surface area contributed by atoms with Gasteiger partial charge in [0.25, 0.3) is 0 Å². The Morgan fingerprint density at radius 2 is 1.55 bits per heavy atom. The SMILES string of the molecule is COc1ccc2c(c1)O[C@@]1(c3ccc(OC)cc3OC(C)=O)CCCC[C@@H]1C21CCCCC1. The number of hydrogen-bond acceptors (Lipinski definition) is 5. The minimum Gasteiger partial charge on any atom is -0.497 e. The van der Waals surface area contributed by atoms with Crippen LogP contribution in [0.15, 0.2) is 36.4 Å². The molecule has 2 aromatic carbocycles. The minimum absolute atomic E-state index is 0.0615. The second kappa shape index (κ2) is 8.58. The van der Waals surface area contributed by atoms with Crippen molar-refractivity contribution in [2.24, 2.45) is 5.92 Å². The van der Waals surface area contributed by atoms with Gasteiger partial charge in [-0.1, -0.05) is 31.7 Å². The van der Waals surface area contributed by atoms with Gasteiger partial charge in [-0.2, -0.15) is 0 Å². The van der Waals surface area contributed by atoms with E-state index in [1.54, 1.807) is 14.2 Å². The summed E-state index contributed by atoms with van der Waals surface area (Å²) in [5.41, 5.74) is 1.80. The summed E-state index contributed by atoms with van der Waals surface area (Å²) >= 11 is 0. The van der Waals surface area contributed by atoms with Crippen molar-refractivity contribution in [2.75, 3.05) is 14.2 Å². The highest BCUT2D eigenvalue weighted by molar-refractivity contribution is 5.70. The summed E-state index contributed by atoms with van der Waals surface area (Å²) in [6.45, 7) is 1.45. The first-order chi connectivity index (χ1) is 16.0. The summed E-state index contributed by atoms with van der Waals surface area (Å²) < 4.78 is 23.9. The number of carbonyl (C=O) groups is 1. The van der Waals surface area contributed by atoms with Crippen molar-refractivity contribution in [2.45, 2.75) is 75.7 Å². The van der Waals surface area contributed by atoms with Crippen molar-refractivity contribution in [1.82, 2.24) is 0 Å². The van der Waals surface area contributed by atoms with E-state index in [-0.39, 0.29) is 11.4 Å². The van der Waals surface area contributed by atoms with Crippen LogP contribution in [0.3, 0.4) is 0 Å². The molecule has 176 valence electrons. The van der Waals surface area contributed by atoms with Gasteiger partial charge in [0, 0.05) is 41.5 Å². The molecule has 0 amide bonds. The third-order valence-corrected chi connectivity index (χ3v) is 8.18. The van der Waals surface area contributed by atoms with Gasteiger partial charge in [0.2, 0.25) is 0 Å². The van der Waals surface area contributed by atoms with E-state index in [1.807, 2.05) is 18.2 Å². The van der Waals surface area contributed by atoms with Crippen molar-refractivity contribution in [3.8, 4) is 23.0 Å². The van der Waals surface area contributed by atoms with Gasteiger partial charge in [-0.15, -0.1) is 0 Å². The zero-order valence-corrected chi connectivity index (χ0v) is 19.9. The molecule has 2 fully saturated rings. The maximum Gasteiger partial charge on any atom is 0.308 e. The molecule has 2 saturated carbocycles. The van der Waals surface area contributed by atoms with Crippen molar-refractivity contribution in [1.29, 1.82) is 0 Å². The first kappa shape index (κ1) is 22.1. The fourth-order valence-corrected chi connectivity index (χ4v) is 6.89. The van der Waals surface area contributed by atoms with Crippen LogP contribution in [-0.2, 0) is 15.8 Å². The van der Waals surface area contributed by atoms with E-state index in [4.69, 9.17) is 18.9 Å². The lowest BCUT2D eigenvalue weighted by Crippen LogP contribution is -2.57. The number of ether oxygens (including phenoxy) is 4. The molecule has 1 spiro atoms. The van der Waals surface area contributed by atoms with E-state index in [9.17, 15) is 4.79 Å². The molecule has 5 nitrogen and oxygen atoms in total. The maximum absolute atomic E-state index is 12.1. The Kier molecular flexibility index (Phi) is 5.75. The standard InChI is InChI=1S/C28H34O5/c1-19(29)32-24-17-20(30-2)11-13-23(24)28-16-8-5-9-26(28)27(14-6-4-7-15-27)22-12-10-21(31-3)18-25(22)33-28/h10-13,17-18,26H,4-9,14-16H2,1-3H3/t26-,28-/m1/s1. The quantitative estimate of drug-likeness (QED) is 0.404. The van der Waals surface area contributed by atoms with Crippen LogP contribution >= 0.6 is 0 Å². The van der Waals surface area contributed by atoms with E-state index >= 15 is 0 Å². The zero-order chi connectivity index (χ0) is 23.1. The highest BCUT2D eigenvalue weighted by Crippen LogP contribution is 2.64. The fraction of sp³-hybridized carbons (Fsp3) is 0.536. The van der Waals surface area contributed by atoms with Gasteiger partial charge in [0.15, 0.2) is 0 Å². The Bertz CT molecular complexity index is 1040. The molecular formula is C28H34O5. The molecule has 0 unspecified atom stereocenters. The number of esters is 1. The molecule has 2 aromatic rings. The second-order valence-electron chi connectivity index (χ2n) is 9.82. The smallest absolute Gasteiger partial charge is 0.308 e. The normalized spacial score (nSPS) is 25.4. The van der Waals surface area contributed by atoms with Crippen molar-refractivity contribution in [3.05, 3.63) is 47.5 Å². The van der Waals surface area contributed by atoms with Crippen LogP contribution in [0.4, 0.5) is 0 Å². The van der Waals surface area contributed by atoms with Gasteiger partial charge in [-0.25, -0.2) is 0 Å². The van der Waals surface area contributed by atoms with Gasteiger partial charge in [-0.05, 0) is 50.3 Å². The summed E-state index contributed by atoms with van der Waals surface area (Å²) in [5.74, 6) is 2.93. The van der Waals surface area contributed by atoms with Gasteiger partial charge >= 0.3 is 5.97 Å². The molecule has 5 heteroatoms. The average molecular weight is 451 g/mol. The van der Waals surface area contributed by atoms with Crippen LogP contribution in [0.5, 0.6) is 23.0 Å². The lowest BCUT2D eigenvalue weighted by molar-refractivity contribution is -0.132. The van der Waals surface area contributed by atoms with E-state index < -0.39 is 5.60 Å². The van der Waals surface area contributed by atoms with Crippen LogP contribution in [0.25, 0.3) is 0 Å². The monoisotopic (exact) mass is 450 g/mol. The number of methoxy groups -OCH3 is 2. The molecule has 5 rings (SSSR count). The van der Waals surface area contributed by atoms with E-state index in [2.05, 4.69) is 18.2 Å². The van der Waals surface area contributed by atoms with Crippen molar-refractivity contribution in [3.63, 3.8) is 0 Å². The Balaban J connectivity index is 1.74. The summed E-state index contributed by atoms with van der Waals surface area (Å²) in [4.78, 5) is 12.1. The first-order valence-corrected chi connectivity index (χ1v) is 12.3. The number of fused-ring (bicyclic) bond motifs is 4. The second-order valence-corrected chi connectivity index (χ2v) is 9.82. The summed E-state index contributed by atoms with van der Waals surface area (Å²) in [7, 11) is 3.33. The third kappa shape index (κ3) is 3.56. The predicted molar refractivity (Wildman–Crippen MR) is 126 cm³/mol. The molecule has 0 aromatic heterocycles. The topological polar surface area (TPSA) is 54.0 Å². The number of hydrogen-bond donors (Lipinski definition) is 0. The fourth-order valence-electron chi connectivity index (χ4n) is 6.89. The highest BCUT2D eigenvalue weighted by Gasteiger charge is 2.59. The van der Waals surface area contributed by atoms with Gasteiger partial charge in [0.05, 0.1) is 14.2 Å². The van der Waals surface area contributed by atoms with Crippen LogP contribution in [-0.4, -0.2) is 20.2 Å². The molecule has 1 heterocycles. The lowest BCUT2D eigenvalue weighted by atomic mass is 9.51. The highest BCUT2D eigenvalue weighted by atomic mass is 16.5. The number of carbonyl (C=O) groups excluding carboxylic acids is 1. The molecule has 3 aliphatic rings. The van der Waals surface area contributed by atoms with Crippen LogP contribution in [0, 0.1) is 5.92 Å². The number of rotatable bonds is 4. The Labute approximate surface area is 196 Å². The molecule has 0 N–H and O–H groups in total. The molecule has 0 saturated heterocycles. The molecule has 0 bridgehead atoms. The maximum atomic E-state index is 12.1. The molecule has 0 radical (unpaired) electrons. The Hall–Kier alpha value is -2.69. The average Bonchev–Trinajstić information content (AvgIpc) is 2.84. The minimum atomic E-state index is -0.550. The molecule has 1 aliphatic heterocycles. The molecule has 2 aliphatic carbocycles. The lowest BCUT2D eigenvalue weighted by Gasteiger charge is -2.58. The van der Waals surface area contributed by atoms with Gasteiger partial charge < -0.3 is 18.9 Å². The van der Waals surface area contributed by atoms with Gasteiger partial charge in [0.1, 0.15) is 28.6 Å². The molecule has 33 heavy (non-hydrogen) atoms. The Morgan fingerprint density at radius 3 is 2.24 bits per heavy atom. The van der Waals surface area contributed by atoms with E-state index in [0.717, 1.165) is 36.3 Å². The summed E-state index contributed by atoms with van der Waals surface area (Å²) in [6, 6.07) is 12.2.